The number of hydrogen-bond donors (Lipinski definition) is 2. The minimum absolute atomic E-state index is 0.0130. The lowest BCUT2D eigenvalue weighted by Gasteiger charge is -2.22. The Hall–Kier alpha value is -1.59. The molecule has 0 spiro atoms. The SMILES string of the molecule is CCOC(=O)C(C)(N)CCCOc1cccc(CO)c1. The topological polar surface area (TPSA) is 81.8 Å². The summed E-state index contributed by atoms with van der Waals surface area (Å²) in [4.78, 5) is 11.6. The van der Waals surface area contributed by atoms with Crippen molar-refractivity contribution in [1.82, 2.24) is 0 Å². The quantitative estimate of drug-likeness (QED) is 0.559. The van der Waals surface area contributed by atoms with Crippen molar-refractivity contribution in [2.75, 3.05) is 13.2 Å². The Balaban J connectivity index is 2.35. The molecular weight excluding hydrogens is 258 g/mol. The molecule has 20 heavy (non-hydrogen) atoms. The highest BCUT2D eigenvalue weighted by molar-refractivity contribution is 5.79. The van der Waals surface area contributed by atoms with Gasteiger partial charge in [0.1, 0.15) is 11.3 Å². The van der Waals surface area contributed by atoms with E-state index in [1.54, 1.807) is 19.9 Å². The van der Waals surface area contributed by atoms with E-state index in [1.807, 2.05) is 18.2 Å². The first-order valence-corrected chi connectivity index (χ1v) is 6.78. The third-order valence-electron chi connectivity index (χ3n) is 2.93. The van der Waals surface area contributed by atoms with Gasteiger partial charge in [-0.15, -0.1) is 0 Å². The third kappa shape index (κ3) is 5.19. The van der Waals surface area contributed by atoms with E-state index in [0.717, 1.165) is 5.56 Å². The van der Waals surface area contributed by atoms with Crippen LogP contribution in [-0.2, 0) is 16.1 Å². The normalized spacial score (nSPS) is 13.6. The molecule has 1 unspecified atom stereocenters. The number of ether oxygens (including phenoxy) is 2. The van der Waals surface area contributed by atoms with Gasteiger partial charge >= 0.3 is 5.97 Å². The van der Waals surface area contributed by atoms with E-state index in [4.69, 9.17) is 20.3 Å². The number of benzene rings is 1. The highest BCUT2D eigenvalue weighted by Crippen LogP contribution is 2.15. The fourth-order valence-corrected chi connectivity index (χ4v) is 1.76. The van der Waals surface area contributed by atoms with Gasteiger partial charge in [-0.25, -0.2) is 0 Å². The molecule has 0 radical (unpaired) electrons. The lowest BCUT2D eigenvalue weighted by Crippen LogP contribution is -2.46. The van der Waals surface area contributed by atoms with Crippen molar-refractivity contribution in [2.45, 2.75) is 38.8 Å². The molecule has 0 aliphatic heterocycles. The van der Waals surface area contributed by atoms with Crippen molar-refractivity contribution in [3.63, 3.8) is 0 Å². The molecular formula is C15H23NO4. The van der Waals surface area contributed by atoms with Crippen LogP contribution in [0.5, 0.6) is 5.75 Å². The maximum Gasteiger partial charge on any atom is 0.325 e. The van der Waals surface area contributed by atoms with Crippen molar-refractivity contribution < 1.29 is 19.4 Å². The van der Waals surface area contributed by atoms with Crippen LogP contribution in [0.1, 0.15) is 32.3 Å². The summed E-state index contributed by atoms with van der Waals surface area (Å²) in [6, 6.07) is 7.26. The van der Waals surface area contributed by atoms with Crippen LogP contribution in [0.2, 0.25) is 0 Å². The summed E-state index contributed by atoms with van der Waals surface area (Å²) < 4.78 is 10.5. The minimum Gasteiger partial charge on any atom is -0.494 e. The first-order valence-electron chi connectivity index (χ1n) is 6.78. The van der Waals surface area contributed by atoms with Gasteiger partial charge in [0.15, 0.2) is 0 Å². The van der Waals surface area contributed by atoms with Crippen molar-refractivity contribution in [3.05, 3.63) is 29.8 Å². The Labute approximate surface area is 119 Å². The van der Waals surface area contributed by atoms with E-state index in [-0.39, 0.29) is 12.6 Å². The zero-order valence-electron chi connectivity index (χ0n) is 12.1. The molecule has 112 valence electrons. The molecule has 1 atom stereocenters. The monoisotopic (exact) mass is 281 g/mol. The van der Waals surface area contributed by atoms with Crippen LogP contribution >= 0.6 is 0 Å². The van der Waals surface area contributed by atoms with Gasteiger partial charge in [-0.2, -0.15) is 0 Å². The van der Waals surface area contributed by atoms with E-state index >= 15 is 0 Å². The Bertz CT molecular complexity index is 432. The standard InChI is InChI=1S/C15H23NO4/c1-3-19-14(18)15(2,16)8-5-9-20-13-7-4-6-12(10-13)11-17/h4,6-7,10,17H,3,5,8-9,11,16H2,1-2H3. The van der Waals surface area contributed by atoms with Gasteiger partial charge in [0.2, 0.25) is 0 Å². The van der Waals surface area contributed by atoms with Gasteiger partial charge < -0.3 is 20.3 Å². The van der Waals surface area contributed by atoms with Crippen LogP contribution in [-0.4, -0.2) is 29.8 Å². The number of nitrogens with two attached hydrogens (primary N) is 1. The van der Waals surface area contributed by atoms with Crippen LogP contribution in [0.25, 0.3) is 0 Å². The van der Waals surface area contributed by atoms with Gasteiger partial charge in [-0.05, 0) is 44.4 Å². The molecule has 0 saturated carbocycles. The fourth-order valence-electron chi connectivity index (χ4n) is 1.76. The summed E-state index contributed by atoms with van der Waals surface area (Å²) in [6.45, 7) is 4.20. The van der Waals surface area contributed by atoms with Gasteiger partial charge in [0.25, 0.3) is 0 Å². The molecule has 0 amide bonds. The van der Waals surface area contributed by atoms with Crippen LogP contribution in [0.15, 0.2) is 24.3 Å². The van der Waals surface area contributed by atoms with E-state index < -0.39 is 5.54 Å². The van der Waals surface area contributed by atoms with Gasteiger partial charge in [0.05, 0.1) is 19.8 Å². The number of carbonyl (C=O) groups is 1. The van der Waals surface area contributed by atoms with E-state index in [1.165, 1.54) is 0 Å². The van der Waals surface area contributed by atoms with Gasteiger partial charge in [0, 0.05) is 0 Å². The molecule has 0 saturated heterocycles. The maximum atomic E-state index is 11.6. The Kier molecular flexibility index (Phi) is 6.48. The number of esters is 1. The lowest BCUT2D eigenvalue weighted by molar-refractivity contribution is -0.149. The summed E-state index contributed by atoms with van der Waals surface area (Å²) in [5, 5.41) is 9.03. The number of carbonyl (C=O) groups excluding carboxylic acids is 1. The summed E-state index contributed by atoms with van der Waals surface area (Å²) in [7, 11) is 0. The molecule has 0 aliphatic rings. The van der Waals surface area contributed by atoms with Crippen LogP contribution in [0, 0.1) is 0 Å². The summed E-state index contributed by atoms with van der Waals surface area (Å²) in [6.07, 6.45) is 1.14. The van der Waals surface area contributed by atoms with E-state index in [2.05, 4.69) is 0 Å². The van der Waals surface area contributed by atoms with Crippen LogP contribution in [0.3, 0.4) is 0 Å². The molecule has 0 aliphatic carbocycles. The summed E-state index contributed by atoms with van der Waals surface area (Å²) in [5.74, 6) is 0.314. The molecule has 5 nitrogen and oxygen atoms in total. The molecule has 1 aromatic rings. The smallest absolute Gasteiger partial charge is 0.325 e. The minimum atomic E-state index is -0.980. The lowest BCUT2D eigenvalue weighted by atomic mass is 9.98. The van der Waals surface area contributed by atoms with Crippen molar-refractivity contribution in [1.29, 1.82) is 0 Å². The number of rotatable bonds is 8. The third-order valence-corrected chi connectivity index (χ3v) is 2.93. The summed E-state index contributed by atoms with van der Waals surface area (Å²) >= 11 is 0. The number of aliphatic hydroxyl groups excluding tert-OH is 1. The molecule has 3 N–H and O–H groups in total. The maximum absolute atomic E-state index is 11.6. The van der Waals surface area contributed by atoms with Crippen LogP contribution in [0.4, 0.5) is 0 Å². The van der Waals surface area contributed by atoms with E-state index in [9.17, 15) is 4.79 Å². The van der Waals surface area contributed by atoms with E-state index in [0.29, 0.717) is 31.8 Å². The second-order valence-corrected chi connectivity index (χ2v) is 4.90. The van der Waals surface area contributed by atoms with Gasteiger partial charge in [-0.3, -0.25) is 4.79 Å². The predicted molar refractivity (Wildman–Crippen MR) is 76.3 cm³/mol. The average Bonchev–Trinajstić information content (AvgIpc) is 2.44. The zero-order valence-corrected chi connectivity index (χ0v) is 12.1. The molecule has 1 aromatic carbocycles. The first-order chi connectivity index (χ1) is 9.49. The zero-order chi connectivity index (χ0) is 15.0. The average molecular weight is 281 g/mol. The molecule has 0 heterocycles. The first kappa shape index (κ1) is 16.5. The highest BCUT2D eigenvalue weighted by atomic mass is 16.5. The van der Waals surface area contributed by atoms with Crippen LogP contribution < -0.4 is 10.5 Å². The second kappa shape index (κ2) is 7.87. The molecule has 1 rings (SSSR count). The molecule has 5 heteroatoms. The fraction of sp³-hybridized carbons (Fsp3) is 0.533. The van der Waals surface area contributed by atoms with Gasteiger partial charge in [-0.1, -0.05) is 12.1 Å². The van der Waals surface area contributed by atoms with Crippen molar-refractivity contribution in [2.24, 2.45) is 5.73 Å². The predicted octanol–water partition coefficient (Wildman–Crippen LogP) is 1.62. The largest absolute Gasteiger partial charge is 0.494 e. The van der Waals surface area contributed by atoms with Crippen molar-refractivity contribution >= 4 is 5.97 Å². The molecule has 0 bridgehead atoms. The Morgan fingerprint density at radius 2 is 2.20 bits per heavy atom. The summed E-state index contributed by atoms with van der Waals surface area (Å²) in [5.41, 5.74) is 5.73. The number of hydrogen-bond acceptors (Lipinski definition) is 5. The molecule has 0 fully saturated rings. The second-order valence-electron chi connectivity index (χ2n) is 4.90. The highest BCUT2D eigenvalue weighted by Gasteiger charge is 2.29. The number of aliphatic hydroxyl groups is 1. The molecule has 0 aromatic heterocycles. The Morgan fingerprint density at radius 3 is 2.85 bits per heavy atom. The van der Waals surface area contributed by atoms with Crippen molar-refractivity contribution in [3.8, 4) is 5.75 Å². The Morgan fingerprint density at radius 1 is 1.45 bits per heavy atom.